The number of hydrogen-bond acceptors (Lipinski definition) is 6. The van der Waals surface area contributed by atoms with Crippen LogP contribution in [-0.2, 0) is 26.1 Å². The van der Waals surface area contributed by atoms with Gasteiger partial charge in [-0.1, -0.05) is 5.16 Å². The SMILES string of the molecule is Cc1cc(CN(C)C(=O)[C@@]2(C)CN(S(C)(=O)=O)CCO2)no1. The molecule has 0 unspecified atom stereocenters. The van der Waals surface area contributed by atoms with Crippen LogP contribution < -0.4 is 0 Å². The van der Waals surface area contributed by atoms with Crippen LogP contribution in [0.1, 0.15) is 18.4 Å². The van der Waals surface area contributed by atoms with Gasteiger partial charge in [0.15, 0.2) is 5.60 Å². The number of amides is 1. The molecule has 1 aromatic rings. The lowest BCUT2D eigenvalue weighted by molar-refractivity contribution is -0.162. The van der Waals surface area contributed by atoms with Crippen molar-refractivity contribution in [1.82, 2.24) is 14.4 Å². The third kappa shape index (κ3) is 3.65. The van der Waals surface area contributed by atoms with Crippen molar-refractivity contribution in [3.63, 3.8) is 0 Å². The fraction of sp³-hybridized carbons (Fsp3) is 0.692. The topological polar surface area (TPSA) is 93.0 Å². The zero-order chi connectivity index (χ0) is 16.5. The smallest absolute Gasteiger partial charge is 0.256 e. The molecule has 0 radical (unpaired) electrons. The molecule has 9 heteroatoms. The third-order valence-electron chi connectivity index (χ3n) is 3.58. The summed E-state index contributed by atoms with van der Waals surface area (Å²) >= 11 is 0. The molecule has 1 atom stereocenters. The van der Waals surface area contributed by atoms with Crippen LogP contribution in [0.5, 0.6) is 0 Å². The maximum absolute atomic E-state index is 12.6. The van der Waals surface area contributed by atoms with E-state index in [0.29, 0.717) is 11.5 Å². The molecular formula is C13H21N3O5S. The normalized spacial score (nSPS) is 23.5. The van der Waals surface area contributed by atoms with E-state index in [0.717, 1.165) is 6.26 Å². The van der Waals surface area contributed by atoms with Gasteiger partial charge in [0.25, 0.3) is 5.91 Å². The van der Waals surface area contributed by atoms with Crippen LogP contribution >= 0.6 is 0 Å². The molecule has 1 aliphatic rings. The summed E-state index contributed by atoms with van der Waals surface area (Å²) in [6.45, 7) is 4.10. The Labute approximate surface area is 130 Å². The first kappa shape index (κ1) is 16.9. The van der Waals surface area contributed by atoms with Crippen LogP contribution in [-0.4, -0.2) is 67.3 Å². The Bertz CT molecular complexity index is 656. The lowest BCUT2D eigenvalue weighted by atomic mass is 10.0. The minimum atomic E-state index is -3.36. The summed E-state index contributed by atoms with van der Waals surface area (Å²) in [5, 5.41) is 3.84. The second kappa shape index (κ2) is 5.98. The summed E-state index contributed by atoms with van der Waals surface area (Å²) < 4.78 is 35.2. The highest BCUT2D eigenvalue weighted by molar-refractivity contribution is 7.88. The molecule has 1 aliphatic heterocycles. The number of sulfonamides is 1. The maximum Gasteiger partial charge on any atom is 0.256 e. The predicted molar refractivity (Wildman–Crippen MR) is 78.5 cm³/mol. The van der Waals surface area contributed by atoms with Crippen molar-refractivity contribution >= 4 is 15.9 Å². The van der Waals surface area contributed by atoms with Gasteiger partial charge in [0.2, 0.25) is 10.0 Å². The number of hydrogen-bond donors (Lipinski definition) is 0. The van der Waals surface area contributed by atoms with Crippen molar-refractivity contribution in [2.45, 2.75) is 26.0 Å². The molecule has 124 valence electrons. The summed E-state index contributed by atoms with van der Waals surface area (Å²) in [6, 6.07) is 1.75. The van der Waals surface area contributed by atoms with Crippen LogP contribution in [0.3, 0.4) is 0 Å². The number of aryl methyl sites for hydroxylation is 1. The highest BCUT2D eigenvalue weighted by atomic mass is 32.2. The van der Waals surface area contributed by atoms with Crippen LogP contribution in [0.2, 0.25) is 0 Å². The van der Waals surface area contributed by atoms with E-state index in [4.69, 9.17) is 9.26 Å². The Kier molecular flexibility index (Phi) is 4.59. The number of carbonyl (C=O) groups is 1. The number of nitrogens with zero attached hydrogens (tertiary/aromatic N) is 3. The van der Waals surface area contributed by atoms with Gasteiger partial charge in [0.1, 0.15) is 11.5 Å². The van der Waals surface area contributed by atoms with E-state index in [-0.39, 0.29) is 32.1 Å². The van der Waals surface area contributed by atoms with E-state index >= 15 is 0 Å². The third-order valence-corrected chi connectivity index (χ3v) is 4.83. The van der Waals surface area contributed by atoms with Crippen molar-refractivity contribution in [3.8, 4) is 0 Å². The van der Waals surface area contributed by atoms with Gasteiger partial charge < -0.3 is 14.2 Å². The van der Waals surface area contributed by atoms with Crippen LogP contribution in [0, 0.1) is 6.92 Å². The van der Waals surface area contributed by atoms with E-state index in [1.165, 1.54) is 9.21 Å². The number of aromatic nitrogens is 1. The fourth-order valence-electron chi connectivity index (χ4n) is 2.46. The zero-order valence-electron chi connectivity index (χ0n) is 13.2. The van der Waals surface area contributed by atoms with E-state index < -0.39 is 15.6 Å². The lowest BCUT2D eigenvalue weighted by Gasteiger charge is -2.39. The molecule has 0 N–H and O–H groups in total. The molecular weight excluding hydrogens is 310 g/mol. The Morgan fingerprint density at radius 3 is 2.77 bits per heavy atom. The van der Waals surface area contributed by atoms with Gasteiger partial charge in [-0.05, 0) is 13.8 Å². The van der Waals surface area contributed by atoms with Crippen LogP contribution in [0.4, 0.5) is 0 Å². The molecule has 2 heterocycles. The van der Waals surface area contributed by atoms with E-state index in [1.807, 2.05) is 0 Å². The van der Waals surface area contributed by atoms with Crippen molar-refractivity contribution in [2.24, 2.45) is 0 Å². The first-order chi connectivity index (χ1) is 10.1. The van der Waals surface area contributed by atoms with E-state index in [1.54, 1.807) is 27.0 Å². The van der Waals surface area contributed by atoms with E-state index in [9.17, 15) is 13.2 Å². The summed E-state index contributed by atoms with van der Waals surface area (Å²) in [6.07, 6.45) is 1.13. The second-order valence-electron chi connectivity index (χ2n) is 5.77. The molecule has 0 aromatic carbocycles. The molecule has 0 aliphatic carbocycles. The van der Waals surface area contributed by atoms with Gasteiger partial charge in [-0.3, -0.25) is 4.79 Å². The molecule has 8 nitrogen and oxygen atoms in total. The van der Waals surface area contributed by atoms with Gasteiger partial charge in [-0.2, -0.15) is 4.31 Å². The second-order valence-corrected chi connectivity index (χ2v) is 7.75. The zero-order valence-corrected chi connectivity index (χ0v) is 14.0. The highest BCUT2D eigenvalue weighted by Gasteiger charge is 2.43. The van der Waals surface area contributed by atoms with Crippen LogP contribution in [0.25, 0.3) is 0 Å². The molecule has 2 rings (SSSR count). The summed E-state index contributed by atoms with van der Waals surface area (Å²) in [5.74, 6) is 0.376. The average Bonchev–Trinajstić information content (AvgIpc) is 2.82. The number of morpholine rings is 1. The summed E-state index contributed by atoms with van der Waals surface area (Å²) in [5.41, 5.74) is -0.567. The Morgan fingerprint density at radius 2 is 2.23 bits per heavy atom. The maximum atomic E-state index is 12.6. The molecule has 0 saturated carbocycles. The van der Waals surface area contributed by atoms with Gasteiger partial charge >= 0.3 is 0 Å². The number of rotatable bonds is 4. The minimum absolute atomic E-state index is 0.00680. The number of carbonyl (C=O) groups excluding carboxylic acids is 1. The van der Waals surface area contributed by atoms with Crippen molar-refractivity contribution in [3.05, 3.63) is 17.5 Å². The highest BCUT2D eigenvalue weighted by Crippen LogP contribution is 2.22. The first-order valence-electron chi connectivity index (χ1n) is 6.89. The van der Waals surface area contributed by atoms with Gasteiger partial charge in [0.05, 0.1) is 26.0 Å². The summed E-state index contributed by atoms with van der Waals surface area (Å²) in [7, 11) is -1.73. The molecule has 1 aromatic heterocycles. The molecule has 0 bridgehead atoms. The van der Waals surface area contributed by atoms with Gasteiger partial charge in [-0.15, -0.1) is 0 Å². The molecule has 1 fully saturated rings. The standard InChI is InChI=1S/C13H21N3O5S/c1-10-7-11(14-21-10)8-15(3)12(17)13(2)9-16(5-6-20-13)22(4,18)19/h7H,5-6,8-9H2,1-4H3/t13-/m1/s1. The lowest BCUT2D eigenvalue weighted by Crippen LogP contribution is -2.59. The predicted octanol–water partition coefficient (Wildman–Crippen LogP) is -0.00808. The Hall–Kier alpha value is -1.45. The molecule has 22 heavy (non-hydrogen) atoms. The first-order valence-corrected chi connectivity index (χ1v) is 8.73. The average molecular weight is 331 g/mol. The Balaban J connectivity index is 2.09. The van der Waals surface area contributed by atoms with Crippen molar-refractivity contribution in [2.75, 3.05) is 33.0 Å². The van der Waals surface area contributed by atoms with Gasteiger partial charge in [-0.25, -0.2) is 8.42 Å². The monoisotopic (exact) mass is 331 g/mol. The van der Waals surface area contributed by atoms with Crippen molar-refractivity contribution in [1.29, 1.82) is 0 Å². The van der Waals surface area contributed by atoms with Gasteiger partial charge in [0, 0.05) is 19.7 Å². The molecule has 0 spiro atoms. The Morgan fingerprint density at radius 1 is 1.55 bits per heavy atom. The molecule has 1 saturated heterocycles. The molecule has 1 amide bonds. The van der Waals surface area contributed by atoms with Crippen LogP contribution in [0.15, 0.2) is 10.6 Å². The fourth-order valence-corrected chi connectivity index (χ4v) is 3.34. The summed E-state index contributed by atoms with van der Waals surface area (Å²) in [4.78, 5) is 14.1. The minimum Gasteiger partial charge on any atom is -0.363 e. The number of ether oxygens (including phenoxy) is 1. The quantitative estimate of drug-likeness (QED) is 0.770. The largest absolute Gasteiger partial charge is 0.363 e. The number of likely N-dealkylation sites (N-methyl/N-ethyl adjacent to an activating group) is 1. The van der Waals surface area contributed by atoms with E-state index in [2.05, 4.69) is 5.16 Å². The van der Waals surface area contributed by atoms with Crippen molar-refractivity contribution < 1.29 is 22.5 Å².